The van der Waals surface area contributed by atoms with Gasteiger partial charge in [0.05, 0.1) is 0 Å². The Balaban J connectivity index is 1.92. The molecular weight excluding hydrogens is 242 g/mol. The second kappa shape index (κ2) is 6.53. The summed E-state index contributed by atoms with van der Waals surface area (Å²) in [6.07, 6.45) is 6.03. The molecule has 0 saturated carbocycles. The Morgan fingerprint density at radius 1 is 1.56 bits per heavy atom. The summed E-state index contributed by atoms with van der Waals surface area (Å²) in [7, 11) is 0. The van der Waals surface area contributed by atoms with Crippen molar-refractivity contribution >= 4 is 16.5 Å². The number of thiazole rings is 1. The highest BCUT2D eigenvalue weighted by molar-refractivity contribution is 7.15. The van der Waals surface area contributed by atoms with E-state index in [0.29, 0.717) is 6.04 Å². The van der Waals surface area contributed by atoms with Gasteiger partial charge < -0.3 is 10.2 Å². The van der Waals surface area contributed by atoms with Crippen molar-refractivity contribution in [1.82, 2.24) is 10.3 Å². The maximum atomic E-state index is 4.59. The molecule has 4 heteroatoms. The Hall–Kier alpha value is -0.610. The van der Waals surface area contributed by atoms with E-state index in [1.165, 1.54) is 42.4 Å². The van der Waals surface area contributed by atoms with Crippen molar-refractivity contribution in [3.05, 3.63) is 11.1 Å². The standard InChI is InChI=1S/C14H25N3S/c1-4-12-6-5-7-17(10-12)14-16-9-13(18-14)8-15-11(2)3/h9,11-12,15H,4-8,10H2,1-3H3. The van der Waals surface area contributed by atoms with Crippen molar-refractivity contribution in [3.63, 3.8) is 0 Å². The van der Waals surface area contributed by atoms with Crippen molar-refractivity contribution in [1.29, 1.82) is 0 Å². The van der Waals surface area contributed by atoms with Crippen molar-refractivity contribution in [2.75, 3.05) is 18.0 Å². The molecule has 2 rings (SSSR count). The Morgan fingerprint density at radius 3 is 3.11 bits per heavy atom. The lowest BCUT2D eigenvalue weighted by atomic mass is 9.96. The number of nitrogens with one attached hydrogen (secondary N) is 1. The zero-order chi connectivity index (χ0) is 13.0. The number of nitrogens with zero attached hydrogens (tertiary/aromatic N) is 2. The summed E-state index contributed by atoms with van der Waals surface area (Å²) < 4.78 is 0. The Morgan fingerprint density at radius 2 is 2.39 bits per heavy atom. The first kappa shape index (κ1) is 13.8. The van der Waals surface area contributed by atoms with E-state index in [1.54, 1.807) is 0 Å². The lowest BCUT2D eigenvalue weighted by Gasteiger charge is -2.31. The average Bonchev–Trinajstić information content (AvgIpc) is 2.85. The Bertz CT molecular complexity index is 362. The van der Waals surface area contributed by atoms with Crippen LogP contribution in [-0.2, 0) is 6.54 Å². The van der Waals surface area contributed by atoms with Crippen molar-refractivity contribution in [2.24, 2.45) is 5.92 Å². The summed E-state index contributed by atoms with van der Waals surface area (Å²) in [5, 5.41) is 4.67. The predicted octanol–water partition coefficient (Wildman–Crippen LogP) is 3.27. The number of rotatable bonds is 5. The summed E-state index contributed by atoms with van der Waals surface area (Å²) in [5.41, 5.74) is 0. The zero-order valence-electron chi connectivity index (χ0n) is 11.8. The van der Waals surface area contributed by atoms with Gasteiger partial charge in [0.15, 0.2) is 5.13 Å². The molecule has 1 aromatic rings. The van der Waals surface area contributed by atoms with Crippen LogP contribution in [0.15, 0.2) is 6.20 Å². The first-order valence-corrected chi connectivity index (χ1v) is 7.93. The molecule has 1 aliphatic heterocycles. The third kappa shape index (κ3) is 3.69. The molecular formula is C14H25N3S. The van der Waals surface area contributed by atoms with E-state index in [0.717, 1.165) is 12.5 Å². The molecule has 102 valence electrons. The summed E-state index contributed by atoms with van der Waals surface area (Å²) >= 11 is 1.85. The van der Waals surface area contributed by atoms with E-state index < -0.39 is 0 Å². The van der Waals surface area contributed by atoms with Crippen LogP contribution in [0.5, 0.6) is 0 Å². The minimum absolute atomic E-state index is 0.537. The molecule has 1 aromatic heterocycles. The summed E-state index contributed by atoms with van der Waals surface area (Å²) in [6.45, 7) is 9.98. The second-order valence-electron chi connectivity index (χ2n) is 5.51. The van der Waals surface area contributed by atoms with Gasteiger partial charge in [0.2, 0.25) is 0 Å². The maximum absolute atomic E-state index is 4.59. The number of hydrogen-bond acceptors (Lipinski definition) is 4. The fourth-order valence-corrected chi connectivity index (χ4v) is 3.30. The van der Waals surface area contributed by atoms with E-state index in [9.17, 15) is 0 Å². The van der Waals surface area contributed by atoms with Crippen LogP contribution in [-0.4, -0.2) is 24.1 Å². The van der Waals surface area contributed by atoms with E-state index in [-0.39, 0.29) is 0 Å². The van der Waals surface area contributed by atoms with Crippen LogP contribution >= 0.6 is 11.3 Å². The minimum atomic E-state index is 0.537. The van der Waals surface area contributed by atoms with Gasteiger partial charge in [-0.1, -0.05) is 27.2 Å². The monoisotopic (exact) mass is 267 g/mol. The Labute approximate surface area is 115 Å². The average molecular weight is 267 g/mol. The first-order valence-electron chi connectivity index (χ1n) is 7.12. The van der Waals surface area contributed by atoms with Gasteiger partial charge in [-0.05, 0) is 18.8 Å². The highest BCUT2D eigenvalue weighted by Crippen LogP contribution is 2.28. The topological polar surface area (TPSA) is 28.2 Å². The van der Waals surface area contributed by atoms with Crippen molar-refractivity contribution in [3.8, 4) is 0 Å². The molecule has 0 radical (unpaired) electrons. The molecule has 0 bridgehead atoms. The molecule has 1 unspecified atom stereocenters. The van der Waals surface area contributed by atoms with Crippen LogP contribution in [0.3, 0.4) is 0 Å². The van der Waals surface area contributed by atoms with Gasteiger partial charge in [-0.15, -0.1) is 11.3 Å². The number of aromatic nitrogens is 1. The molecule has 0 amide bonds. The fourth-order valence-electron chi connectivity index (χ4n) is 2.40. The highest BCUT2D eigenvalue weighted by atomic mass is 32.1. The van der Waals surface area contributed by atoms with Crippen LogP contribution in [0.1, 0.15) is 44.9 Å². The molecule has 0 aliphatic carbocycles. The lowest BCUT2D eigenvalue weighted by molar-refractivity contribution is 0.404. The second-order valence-corrected chi connectivity index (χ2v) is 6.60. The van der Waals surface area contributed by atoms with E-state index in [1.807, 2.05) is 17.5 Å². The molecule has 1 fully saturated rings. The smallest absolute Gasteiger partial charge is 0.185 e. The molecule has 1 atom stereocenters. The molecule has 1 N–H and O–H groups in total. The van der Waals surface area contributed by atoms with Gasteiger partial charge >= 0.3 is 0 Å². The summed E-state index contributed by atoms with van der Waals surface area (Å²) in [6, 6.07) is 0.537. The fraction of sp³-hybridized carbons (Fsp3) is 0.786. The lowest BCUT2D eigenvalue weighted by Crippen LogP contribution is -2.34. The normalized spacial score (nSPS) is 20.7. The quantitative estimate of drug-likeness (QED) is 0.887. The van der Waals surface area contributed by atoms with Gasteiger partial charge in [0.25, 0.3) is 0 Å². The molecule has 0 spiro atoms. The minimum Gasteiger partial charge on any atom is -0.348 e. The molecule has 2 heterocycles. The molecule has 3 nitrogen and oxygen atoms in total. The number of hydrogen-bond donors (Lipinski definition) is 1. The van der Waals surface area contributed by atoms with Gasteiger partial charge in [-0.3, -0.25) is 0 Å². The van der Waals surface area contributed by atoms with Gasteiger partial charge in [0.1, 0.15) is 0 Å². The SMILES string of the molecule is CCC1CCCN(c2ncc(CNC(C)C)s2)C1. The van der Waals surface area contributed by atoms with Crippen molar-refractivity contribution in [2.45, 2.75) is 52.6 Å². The van der Waals surface area contributed by atoms with E-state index >= 15 is 0 Å². The highest BCUT2D eigenvalue weighted by Gasteiger charge is 2.20. The van der Waals surface area contributed by atoms with Gasteiger partial charge in [0, 0.05) is 36.8 Å². The summed E-state index contributed by atoms with van der Waals surface area (Å²) in [4.78, 5) is 8.41. The molecule has 1 aliphatic rings. The number of piperidine rings is 1. The Kier molecular flexibility index (Phi) is 5.01. The van der Waals surface area contributed by atoms with Gasteiger partial charge in [-0.25, -0.2) is 4.98 Å². The van der Waals surface area contributed by atoms with Crippen molar-refractivity contribution < 1.29 is 0 Å². The third-order valence-corrected chi connectivity index (χ3v) is 4.65. The van der Waals surface area contributed by atoms with Crippen LogP contribution in [0.4, 0.5) is 5.13 Å². The molecule has 18 heavy (non-hydrogen) atoms. The zero-order valence-corrected chi connectivity index (χ0v) is 12.6. The molecule has 1 saturated heterocycles. The van der Waals surface area contributed by atoms with E-state index in [2.05, 4.69) is 36.0 Å². The predicted molar refractivity (Wildman–Crippen MR) is 79.3 cm³/mol. The maximum Gasteiger partial charge on any atom is 0.185 e. The number of anilines is 1. The van der Waals surface area contributed by atoms with Gasteiger partial charge in [-0.2, -0.15) is 0 Å². The molecule has 0 aromatic carbocycles. The largest absolute Gasteiger partial charge is 0.348 e. The van der Waals surface area contributed by atoms with Crippen LogP contribution in [0, 0.1) is 5.92 Å². The van der Waals surface area contributed by atoms with E-state index in [4.69, 9.17) is 0 Å². The van der Waals surface area contributed by atoms with Crippen LogP contribution in [0.25, 0.3) is 0 Å². The first-order chi connectivity index (χ1) is 8.69. The summed E-state index contributed by atoms with van der Waals surface area (Å²) in [5.74, 6) is 0.861. The van der Waals surface area contributed by atoms with Crippen LogP contribution in [0.2, 0.25) is 0 Å². The van der Waals surface area contributed by atoms with Crippen LogP contribution < -0.4 is 10.2 Å². The third-order valence-electron chi connectivity index (χ3n) is 3.59.